The van der Waals surface area contributed by atoms with Crippen LogP contribution in [0.4, 0.5) is 0 Å². The van der Waals surface area contributed by atoms with E-state index in [1.807, 2.05) is 6.07 Å². The van der Waals surface area contributed by atoms with Crippen LogP contribution in [0.15, 0.2) is 18.2 Å². The number of rotatable bonds is 6. The molecule has 3 amide bonds. The Bertz CT molecular complexity index is 922. The number of piperidine rings is 1. The number of amides is 3. The molecule has 172 valence electrons. The van der Waals surface area contributed by atoms with Gasteiger partial charge >= 0.3 is 0 Å². The molecule has 0 saturated carbocycles. The molecule has 32 heavy (non-hydrogen) atoms. The molecule has 1 aromatic rings. The van der Waals surface area contributed by atoms with Crippen molar-refractivity contribution in [2.24, 2.45) is 5.92 Å². The molecule has 0 radical (unpaired) electrons. The highest BCUT2D eigenvalue weighted by molar-refractivity contribution is 6.05. The SMILES string of the molecule is O=C1CCC(N2Cc3cc(OCCN4CC(O)(C5CCOCC5)C4)ccc3C2=O)C(=O)N1. The number of likely N-dealkylation sites (tertiary alicyclic amines) is 1. The van der Waals surface area contributed by atoms with Gasteiger partial charge in [-0.3, -0.25) is 24.6 Å². The van der Waals surface area contributed by atoms with E-state index in [1.165, 1.54) is 4.90 Å². The highest BCUT2D eigenvalue weighted by atomic mass is 16.5. The lowest BCUT2D eigenvalue weighted by Gasteiger charge is -2.51. The third-order valence-corrected chi connectivity index (χ3v) is 7.15. The monoisotopic (exact) mass is 443 g/mol. The molecule has 0 bridgehead atoms. The minimum absolute atomic E-state index is 0.186. The Morgan fingerprint density at radius 3 is 2.69 bits per heavy atom. The first-order chi connectivity index (χ1) is 15.4. The van der Waals surface area contributed by atoms with Gasteiger partial charge in [-0.05, 0) is 48.9 Å². The molecule has 0 aromatic heterocycles. The van der Waals surface area contributed by atoms with Gasteiger partial charge in [0.25, 0.3) is 5.91 Å². The second-order valence-electron chi connectivity index (χ2n) is 9.27. The molecule has 0 aliphatic carbocycles. The summed E-state index contributed by atoms with van der Waals surface area (Å²) in [5, 5.41) is 13.1. The number of nitrogens with zero attached hydrogens (tertiary/aromatic N) is 2. The molecule has 9 nitrogen and oxygen atoms in total. The topological polar surface area (TPSA) is 108 Å². The first-order valence-electron chi connectivity index (χ1n) is 11.4. The lowest BCUT2D eigenvalue weighted by molar-refractivity contribution is -0.156. The van der Waals surface area contributed by atoms with Gasteiger partial charge in [0.2, 0.25) is 11.8 Å². The molecule has 1 unspecified atom stereocenters. The number of nitrogens with one attached hydrogen (secondary N) is 1. The largest absolute Gasteiger partial charge is 0.492 e. The Morgan fingerprint density at radius 1 is 1.16 bits per heavy atom. The van der Waals surface area contributed by atoms with E-state index in [2.05, 4.69) is 10.2 Å². The molecule has 5 rings (SSSR count). The molecule has 2 N–H and O–H groups in total. The number of benzene rings is 1. The Labute approximate surface area is 186 Å². The summed E-state index contributed by atoms with van der Waals surface area (Å²) in [5.74, 6) is 0.111. The standard InChI is InChI=1S/C23H29N3O6/c27-20-4-3-19(21(28)24-20)26-12-15-11-17(1-2-18(15)22(26)29)32-10-7-25-13-23(30,14-25)16-5-8-31-9-6-16/h1-2,11,16,19,30H,3-10,12-14H2,(H,24,27,28). The second-order valence-corrected chi connectivity index (χ2v) is 9.27. The van der Waals surface area contributed by atoms with Gasteiger partial charge in [0.05, 0.1) is 5.60 Å². The molecule has 3 fully saturated rings. The quantitative estimate of drug-likeness (QED) is 0.609. The van der Waals surface area contributed by atoms with Crippen LogP contribution >= 0.6 is 0 Å². The number of aliphatic hydroxyl groups is 1. The zero-order valence-electron chi connectivity index (χ0n) is 18.0. The van der Waals surface area contributed by atoms with Gasteiger partial charge in [0.1, 0.15) is 18.4 Å². The number of hydrogen-bond acceptors (Lipinski definition) is 7. The van der Waals surface area contributed by atoms with Crippen molar-refractivity contribution in [2.75, 3.05) is 39.5 Å². The summed E-state index contributed by atoms with van der Waals surface area (Å²) in [5.41, 5.74) is 0.804. The predicted octanol–water partition coefficient (Wildman–Crippen LogP) is 0.300. The van der Waals surface area contributed by atoms with Crippen LogP contribution in [0.1, 0.15) is 41.6 Å². The second kappa shape index (κ2) is 8.46. The molecule has 3 saturated heterocycles. The lowest BCUT2D eigenvalue weighted by Crippen LogP contribution is -2.66. The van der Waals surface area contributed by atoms with Crippen molar-refractivity contribution >= 4 is 17.7 Å². The Morgan fingerprint density at radius 2 is 1.94 bits per heavy atom. The Kier molecular flexibility index (Phi) is 5.65. The van der Waals surface area contributed by atoms with Gasteiger partial charge in [-0.15, -0.1) is 0 Å². The number of carbonyl (C=O) groups excluding carboxylic acids is 3. The van der Waals surface area contributed by atoms with Gasteiger partial charge < -0.3 is 19.5 Å². The van der Waals surface area contributed by atoms with Crippen LogP contribution in [0.25, 0.3) is 0 Å². The number of fused-ring (bicyclic) bond motifs is 1. The van der Waals surface area contributed by atoms with E-state index in [9.17, 15) is 19.5 Å². The summed E-state index contributed by atoms with van der Waals surface area (Å²) in [4.78, 5) is 40.0. The summed E-state index contributed by atoms with van der Waals surface area (Å²) >= 11 is 0. The van der Waals surface area contributed by atoms with Crippen LogP contribution in [0.2, 0.25) is 0 Å². The summed E-state index contributed by atoms with van der Waals surface area (Å²) in [6.07, 6.45) is 2.43. The van der Waals surface area contributed by atoms with Crippen molar-refractivity contribution in [1.29, 1.82) is 0 Å². The minimum atomic E-state index is -0.613. The van der Waals surface area contributed by atoms with Gasteiger partial charge in [-0.2, -0.15) is 0 Å². The van der Waals surface area contributed by atoms with E-state index in [1.54, 1.807) is 12.1 Å². The van der Waals surface area contributed by atoms with Crippen molar-refractivity contribution < 1.29 is 29.0 Å². The van der Waals surface area contributed by atoms with Gasteiger partial charge in [-0.1, -0.05) is 0 Å². The Balaban J connectivity index is 1.12. The van der Waals surface area contributed by atoms with E-state index >= 15 is 0 Å². The van der Waals surface area contributed by atoms with Crippen LogP contribution in [-0.2, 0) is 20.9 Å². The number of imide groups is 1. The average Bonchev–Trinajstić information content (AvgIpc) is 3.08. The Hall–Kier alpha value is -2.49. The third-order valence-electron chi connectivity index (χ3n) is 7.15. The average molecular weight is 444 g/mol. The maximum absolute atomic E-state index is 12.8. The van der Waals surface area contributed by atoms with Crippen molar-refractivity contribution in [2.45, 2.75) is 43.9 Å². The summed E-state index contributed by atoms with van der Waals surface area (Å²) in [7, 11) is 0. The number of ether oxygens (including phenoxy) is 2. The maximum Gasteiger partial charge on any atom is 0.255 e. The lowest BCUT2D eigenvalue weighted by atomic mass is 9.76. The summed E-state index contributed by atoms with van der Waals surface area (Å²) in [6.45, 7) is 4.36. The predicted molar refractivity (Wildman–Crippen MR) is 113 cm³/mol. The molecule has 4 aliphatic heterocycles. The van der Waals surface area contributed by atoms with E-state index in [0.29, 0.717) is 49.9 Å². The number of β-amino-alcohol motifs (C(OH)–C–C–N with tert-alkyl or cyclic N) is 1. The van der Waals surface area contributed by atoms with Crippen LogP contribution < -0.4 is 10.1 Å². The van der Waals surface area contributed by atoms with Crippen molar-refractivity contribution in [3.8, 4) is 5.75 Å². The minimum Gasteiger partial charge on any atom is -0.492 e. The fourth-order valence-corrected chi connectivity index (χ4v) is 5.31. The zero-order chi connectivity index (χ0) is 22.3. The van der Waals surface area contributed by atoms with Gasteiger partial charge in [0.15, 0.2) is 0 Å². The fourth-order valence-electron chi connectivity index (χ4n) is 5.31. The zero-order valence-corrected chi connectivity index (χ0v) is 18.0. The third kappa shape index (κ3) is 4.00. The van der Waals surface area contributed by atoms with Crippen molar-refractivity contribution in [3.63, 3.8) is 0 Å². The number of hydrogen-bond donors (Lipinski definition) is 2. The van der Waals surface area contributed by atoms with Crippen molar-refractivity contribution in [3.05, 3.63) is 29.3 Å². The molecular formula is C23H29N3O6. The molecule has 1 aromatic carbocycles. The van der Waals surface area contributed by atoms with Crippen LogP contribution in [-0.4, -0.2) is 83.7 Å². The molecule has 9 heteroatoms. The smallest absolute Gasteiger partial charge is 0.255 e. The molecular weight excluding hydrogens is 414 g/mol. The van der Waals surface area contributed by atoms with Crippen LogP contribution in [0, 0.1) is 5.92 Å². The van der Waals surface area contributed by atoms with E-state index in [0.717, 1.165) is 38.2 Å². The molecule has 4 aliphatic rings. The van der Waals surface area contributed by atoms with E-state index < -0.39 is 17.6 Å². The fraction of sp³-hybridized carbons (Fsp3) is 0.609. The van der Waals surface area contributed by atoms with Gasteiger partial charge in [-0.25, -0.2) is 0 Å². The first-order valence-corrected chi connectivity index (χ1v) is 11.4. The van der Waals surface area contributed by atoms with Crippen molar-refractivity contribution in [1.82, 2.24) is 15.1 Å². The van der Waals surface area contributed by atoms with E-state index in [-0.39, 0.29) is 18.2 Å². The molecule has 1 atom stereocenters. The molecule has 0 spiro atoms. The van der Waals surface area contributed by atoms with Gasteiger partial charge in [0, 0.05) is 51.4 Å². The highest BCUT2D eigenvalue weighted by Gasteiger charge is 2.47. The summed E-state index contributed by atoms with van der Waals surface area (Å²) < 4.78 is 11.3. The van der Waals surface area contributed by atoms with Crippen LogP contribution in [0.5, 0.6) is 5.75 Å². The first kappa shape index (κ1) is 21.4. The maximum atomic E-state index is 12.8. The normalized spacial score (nSPS) is 26.0. The number of carbonyl (C=O) groups is 3. The van der Waals surface area contributed by atoms with Crippen LogP contribution in [0.3, 0.4) is 0 Å². The summed E-state index contributed by atoms with van der Waals surface area (Å²) in [6, 6.07) is 4.76. The molecule has 4 heterocycles. The highest BCUT2D eigenvalue weighted by Crippen LogP contribution is 2.35. The van der Waals surface area contributed by atoms with E-state index in [4.69, 9.17) is 9.47 Å².